The smallest absolute Gasteiger partial charge is 0.269 e. The third kappa shape index (κ3) is 5.15. The van der Waals surface area contributed by atoms with Crippen LogP contribution in [0, 0.1) is 10.1 Å². The number of anilines is 1. The Morgan fingerprint density at radius 3 is 2.15 bits per heavy atom. The molecule has 0 aromatic heterocycles. The summed E-state index contributed by atoms with van der Waals surface area (Å²) in [6.45, 7) is 0. The van der Waals surface area contributed by atoms with Crippen LogP contribution < -0.4 is 5.32 Å². The third-order valence-electron chi connectivity index (χ3n) is 4.33. The Morgan fingerprint density at radius 2 is 1.56 bits per heavy atom. The molecule has 5 nitrogen and oxygen atoms in total. The summed E-state index contributed by atoms with van der Waals surface area (Å²) in [4.78, 5) is 10.4. The summed E-state index contributed by atoms with van der Waals surface area (Å²) >= 11 is 3.44. The normalized spacial score (nSPS) is 13.0. The molecule has 27 heavy (non-hydrogen) atoms. The van der Waals surface area contributed by atoms with Crippen molar-refractivity contribution in [1.29, 1.82) is 0 Å². The van der Waals surface area contributed by atoms with Crippen molar-refractivity contribution in [3.63, 3.8) is 0 Å². The third-order valence-corrected chi connectivity index (χ3v) is 4.86. The molecule has 6 heteroatoms. The molecule has 0 heterocycles. The highest BCUT2D eigenvalue weighted by Gasteiger charge is 2.18. The maximum atomic E-state index is 10.8. The number of non-ortho nitro benzene ring substituents is 1. The molecule has 138 valence electrons. The minimum atomic E-state index is -0.634. The average molecular weight is 427 g/mol. The number of benzene rings is 3. The lowest BCUT2D eigenvalue weighted by molar-refractivity contribution is -0.384. The average Bonchev–Trinajstić information content (AvgIpc) is 2.69. The van der Waals surface area contributed by atoms with E-state index in [1.165, 1.54) is 12.1 Å². The van der Waals surface area contributed by atoms with Crippen molar-refractivity contribution < 1.29 is 10.0 Å². The van der Waals surface area contributed by atoms with Crippen LogP contribution in [0.25, 0.3) is 0 Å². The van der Waals surface area contributed by atoms with Crippen LogP contribution in [0.15, 0.2) is 83.3 Å². The number of hydrogen-bond acceptors (Lipinski definition) is 4. The molecular weight excluding hydrogens is 408 g/mol. The van der Waals surface area contributed by atoms with Crippen LogP contribution in [0.1, 0.15) is 29.7 Å². The summed E-state index contributed by atoms with van der Waals surface area (Å²) in [7, 11) is 0. The number of nitrogens with one attached hydrogen (secondary N) is 1. The number of rotatable bonds is 7. The van der Waals surface area contributed by atoms with Crippen LogP contribution in [0.2, 0.25) is 0 Å². The SMILES string of the molecule is O=[N+]([O-])c1ccc(NC(CC(O)c2ccccc2)c2ccc(Br)cc2)cc1. The van der Waals surface area contributed by atoms with Crippen LogP contribution in [-0.2, 0) is 0 Å². The molecule has 0 amide bonds. The first-order valence-electron chi connectivity index (χ1n) is 8.52. The van der Waals surface area contributed by atoms with Crippen molar-refractivity contribution >= 4 is 27.3 Å². The maximum absolute atomic E-state index is 10.8. The molecule has 3 aromatic rings. The molecule has 0 bridgehead atoms. The second-order valence-electron chi connectivity index (χ2n) is 6.21. The fourth-order valence-corrected chi connectivity index (χ4v) is 3.15. The quantitative estimate of drug-likeness (QED) is 0.378. The Kier molecular flexibility index (Phi) is 6.21. The van der Waals surface area contributed by atoms with Crippen molar-refractivity contribution in [2.75, 3.05) is 5.32 Å². The maximum Gasteiger partial charge on any atom is 0.269 e. The van der Waals surface area contributed by atoms with Gasteiger partial charge >= 0.3 is 0 Å². The molecule has 0 spiro atoms. The molecule has 2 N–H and O–H groups in total. The van der Waals surface area contributed by atoms with Gasteiger partial charge in [0, 0.05) is 28.7 Å². The van der Waals surface area contributed by atoms with Gasteiger partial charge in [-0.15, -0.1) is 0 Å². The second-order valence-corrected chi connectivity index (χ2v) is 7.13. The van der Waals surface area contributed by atoms with Gasteiger partial charge in [-0.2, -0.15) is 0 Å². The lowest BCUT2D eigenvalue weighted by Crippen LogP contribution is -2.15. The van der Waals surface area contributed by atoms with E-state index in [9.17, 15) is 15.2 Å². The van der Waals surface area contributed by atoms with E-state index in [1.807, 2.05) is 54.6 Å². The predicted molar refractivity (Wildman–Crippen MR) is 110 cm³/mol. The molecule has 3 rings (SSSR count). The van der Waals surface area contributed by atoms with Gasteiger partial charge in [-0.3, -0.25) is 10.1 Å². The molecule has 0 radical (unpaired) electrons. The number of aliphatic hydroxyl groups excluding tert-OH is 1. The van der Waals surface area contributed by atoms with E-state index in [4.69, 9.17) is 0 Å². The number of aliphatic hydroxyl groups is 1. The van der Waals surface area contributed by atoms with Gasteiger partial charge in [0.05, 0.1) is 17.1 Å². The van der Waals surface area contributed by atoms with Gasteiger partial charge in [-0.05, 0) is 35.4 Å². The molecule has 0 aliphatic heterocycles. The van der Waals surface area contributed by atoms with E-state index in [-0.39, 0.29) is 11.7 Å². The zero-order valence-corrected chi connectivity index (χ0v) is 16.0. The van der Waals surface area contributed by atoms with Gasteiger partial charge in [-0.1, -0.05) is 58.4 Å². The molecule has 0 aliphatic carbocycles. The van der Waals surface area contributed by atoms with Crippen molar-refractivity contribution in [3.05, 3.63) is 105 Å². The zero-order valence-electron chi connectivity index (χ0n) is 14.5. The second kappa shape index (κ2) is 8.79. The number of halogens is 1. The topological polar surface area (TPSA) is 75.4 Å². The van der Waals surface area contributed by atoms with Crippen LogP contribution in [0.4, 0.5) is 11.4 Å². The van der Waals surface area contributed by atoms with Gasteiger partial charge in [0.15, 0.2) is 0 Å². The molecular formula is C21H19BrN2O3. The molecule has 0 aliphatic rings. The van der Waals surface area contributed by atoms with Crippen LogP contribution in [-0.4, -0.2) is 10.0 Å². The predicted octanol–water partition coefficient (Wildman–Crippen LogP) is 5.63. The van der Waals surface area contributed by atoms with Gasteiger partial charge < -0.3 is 10.4 Å². The van der Waals surface area contributed by atoms with Crippen LogP contribution in [0.3, 0.4) is 0 Å². The summed E-state index contributed by atoms with van der Waals surface area (Å²) in [6.07, 6.45) is -0.173. The lowest BCUT2D eigenvalue weighted by Gasteiger charge is -2.23. The van der Waals surface area contributed by atoms with Crippen LogP contribution in [0.5, 0.6) is 0 Å². The summed E-state index contributed by atoms with van der Waals surface area (Å²) in [5.74, 6) is 0. The Bertz CT molecular complexity index is 884. The first-order chi connectivity index (χ1) is 13.0. The Balaban J connectivity index is 1.83. The summed E-state index contributed by atoms with van der Waals surface area (Å²) in [5.41, 5.74) is 2.68. The van der Waals surface area contributed by atoms with E-state index in [0.29, 0.717) is 6.42 Å². The highest BCUT2D eigenvalue weighted by atomic mass is 79.9. The Morgan fingerprint density at radius 1 is 0.926 bits per heavy atom. The molecule has 0 fully saturated rings. The Labute approximate surface area is 166 Å². The fourth-order valence-electron chi connectivity index (χ4n) is 2.89. The number of hydrogen-bond donors (Lipinski definition) is 2. The summed E-state index contributed by atoms with van der Waals surface area (Å²) in [5, 5.41) is 24.9. The minimum Gasteiger partial charge on any atom is -0.388 e. The van der Waals surface area contributed by atoms with Crippen molar-refractivity contribution in [3.8, 4) is 0 Å². The number of nitro groups is 1. The van der Waals surface area contributed by atoms with E-state index in [1.54, 1.807) is 12.1 Å². The Hall–Kier alpha value is -2.70. The van der Waals surface area contributed by atoms with Gasteiger partial charge in [0.1, 0.15) is 0 Å². The molecule has 3 aromatic carbocycles. The van der Waals surface area contributed by atoms with Gasteiger partial charge in [0.25, 0.3) is 5.69 Å². The lowest BCUT2D eigenvalue weighted by atomic mass is 9.96. The highest BCUT2D eigenvalue weighted by molar-refractivity contribution is 9.10. The van der Waals surface area contributed by atoms with Gasteiger partial charge in [0.2, 0.25) is 0 Å². The van der Waals surface area contributed by atoms with E-state index in [2.05, 4.69) is 21.2 Å². The number of nitrogens with zero attached hydrogens (tertiary/aromatic N) is 1. The molecule has 2 unspecified atom stereocenters. The standard InChI is InChI=1S/C21H19BrN2O3/c22-17-8-6-15(7-9-17)20(14-21(25)16-4-2-1-3-5-16)23-18-10-12-19(13-11-18)24(26)27/h1-13,20-21,23,25H,14H2. The van der Waals surface area contributed by atoms with Crippen molar-refractivity contribution in [2.45, 2.75) is 18.6 Å². The zero-order chi connectivity index (χ0) is 19.2. The molecule has 0 saturated heterocycles. The van der Waals surface area contributed by atoms with E-state index >= 15 is 0 Å². The van der Waals surface area contributed by atoms with E-state index < -0.39 is 11.0 Å². The van der Waals surface area contributed by atoms with E-state index in [0.717, 1.165) is 21.3 Å². The van der Waals surface area contributed by atoms with Gasteiger partial charge in [-0.25, -0.2) is 0 Å². The minimum absolute atomic E-state index is 0.0464. The van der Waals surface area contributed by atoms with Crippen molar-refractivity contribution in [1.82, 2.24) is 0 Å². The monoisotopic (exact) mass is 426 g/mol. The summed E-state index contributed by atoms with van der Waals surface area (Å²) in [6, 6.07) is 23.5. The van der Waals surface area contributed by atoms with Crippen LogP contribution >= 0.6 is 15.9 Å². The van der Waals surface area contributed by atoms with Crippen molar-refractivity contribution in [2.24, 2.45) is 0 Å². The molecule has 2 atom stereocenters. The highest BCUT2D eigenvalue weighted by Crippen LogP contribution is 2.31. The number of nitro benzene ring substituents is 1. The first-order valence-corrected chi connectivity index (χ1v) is 9.31. The largest absolute Gasteiger partial charge is 0.388 e. The first kappa shape index (κ1) is 19.1. The molecule has 0 saturated carbocycles. The fraction of sp³-hybridized carbons (Fsp3) is 0.143. The summed E-state index contributed by atoms with van der Waals surface area (Å²) < 4.78 is 0.976.